The molecule has 3 aromatic rings. The van der Waals surface area contributed by atoms with E-state index in [1.165, 1.54) is 0 Å². The van der Waals surface area contributed by atoms with Crippen LogP contribution in [0.4, 0.5) is 5.95 Å². The van der Waals surface area contributed by atoms with Crippen LogP contribution in [0.5, 0.6) is 0 Å². The third kappa shape index (κ3) is 2.79. The van der Waals surface area contributed by atoms with Crippen LogP contribution in [0.15, 0.2) is 39.6 Å². The second-order valence-electron chi connectivity index (χ2n) is 5.71. The Bertz CT molecular complexity index is 918. The number of nitrogens with one attached hydrogen (secondary N) is 1. The quantitative estimate of drug-likeness (QED) is 0.737. The molecule has 2 aromatic heterocycles. The summed E-state index contributed by atoms with van der Waals surface area (Å²) in [5, 5.41) is 4.02. The molecule has 0 aliphatic carbocycles. The highest BCUT2D eigenvalue weighted by molar-refractivity contribution is 5.53. The molecule has 0 spiro atoms. The lowest BCUT2D eigenvalue weighted by atomic mass is 10.1. The van der Waals surface area contributed by atoms with Crippen molar-refractivity contribution in [3.05, 3.63) is 57.8 Å². The SMILES string of the molecule is Nc1nc2c(c(=O)[nH]1)CN(Cc1nc(-c3ccccc3)no1)CC2. The molecule has 4 rings (SSSR count). The summed E-state index contributed by atoms with van der Waals surface area (Å²) in [6.07, 6.45) is 0.670. The maximum atomic E-state index is 12.0. The predicted molar refractivity (Wildman–Crippen MR) is 86.8 cm³/mol. The Morgan fingerprint density at radius 1 is 1.25 bits per heavy atom. The molecule has 122 valence electrons. The summed E-state index contributed by atoms with van der Waals surface area (Å²) in [5.74, 6) is 1.25. The van der Waals surface area contributed by atoms with E-state index in [4.69, 9.17) is 10.3 Å². The molecular weight excluding hydrogens is 308 g/mol. The number of aromatic amines is 1. The number of anilines is 1. The van der Waals surface area contributed by atoms with Gasteiger partial charge in [0.05, 0.1) is 17.8 Å². The van der Waals surface area contributed by atoms with Crippen LogP contribution >= 0.6 is 0 Å². The van der Waals surface area contributed by atoms with Crippen molar-refractivity contribution in [3.63, 3.8) is 0 Å². The van der Waals surface area contributed by atoms with E-state index in [0.29, 0.717) is 36.8 Å². The lowest BCUT2D eigenvalue weighted by Crippen LogP contribution is -2.35. The maximum absolute atomic E-state index is 12.0. The zero-order chi connectivity index (χ0) is 16.5. The molecule has 3 heterocycles. The number of H-pyrrole nitrogens is 1. The normalized spacial score (nSPS) is 14.5. The fourth-order valence-corrected chi connectivity index (χ4v) is 2.85. The fourth-order valence-electron chi connectivity index (χ4n) is 2.85. The monoisotopic (exact) mass is 324 g/mol. The van der Waals surface area contributed by atoms with Gasteiger partial charge in [-0.25, -0.2) is 4.98 Å². The van der Waals surface area contributed by atoms with E-state index in [2.05, 4.69) is 25.0 Å². The van der Waals surface area contributed by atoms with Gasteiger partial charge in [0, 0.05) is 25.1 Å². The summed E-state index contributed by atoms with van der Waals surface area (Å²) in [6.45, 7) is 1.73. The van der Waals surface area contributed by atoms with Crippen LogP contribution in [0.3, 0.4) is 0 Å². The van der Waals surface area contributed by atoms with Gasteiger partial charge in [-0.15, -0.1) is 0 Å². The molecule has 8 nitrogen and oxygen atoms in total. The lowest BCUT2D eigenvalue weighted by molar-refractivity contribution is 0.208. The topological polar surface area (TPSA) is 114 Å². The van der Waals surface area contributed by atoms with E-state index < -0.39 is 0 Å². The van der Waals surface area contributed by atoms with Crippen LogP contribution in [0.25, 0.3) is 11.4 Å². The molecule has 24 heavy (non-hydrogen) atoms. The Labute approximate surface area is 137 Å². The summed E-state index contributed by atoms with van der Waals surface area (Å²) in [4.78, 5) is 25.3. The van der Waals surface area contributed by atoms with Crippen molar-refractivity contribution in [1.29, 1.82) is 0 Å². The third-order valence-corrected chi connectivity index (χ3v) is 4.02. The number of benzene rings is 1. The van der Waals surface area contributed by atoms with Crippen molar-refractivity contribution in [2.45, 2.75) is 19.5 Å². The Kier molecular flexibility index (Phi) is 3.58. The highest BCUT2D eigenvalue weighted by atomic mass is 16.5. The van der Waals surface area contributed by atoms with Gasteiger partial charge in [-0.1, -0.05) is 35.5 Å². The molecule has 0 saturated heterocycles. The average molecular weight is 324 g/mol. The summed E-state index contributed by atoms with van der Waals surface area (Å²) in [5.41, 5.74) is 7.73. The molecule has 3 N–H and O–H groups in total. The van der Waals surface area contributed by atoms with Crippen LogP contribution < -0.4 is 11.3 Å². The molecule has 0 amide bonds. The Morgan fingerprint density at radius 2 is 2.08 bits per heavy atom. The highest BCUT2D eigenvalue weighted by Crippen LogP contribution is 2.18. The van der Waals surface area contributed by atoms with Crippen molar-refractivity contribution >= 4 is 5.95 Å². The molecule has 8 heteroatoms. The second kappa shape index (κ2) is 5.89. The average Bonchev–Trinajstić information content (AvgIpc) is 3.05. The summed E-state index contributed by atoms with van der Waals surface area (Å²) >= 11 is 0. The van der Waals surface area contributed by atoms with Gasteiger partial charge >= 0.3 is 0 Å². The number of nitrogens with two attached hydrogens (primary N) is 1. The first-order valence-corrected chi connectivity index (χ1v) is 7.67. The Hall–Kier alpha value is -3.00. The lowest BCUT2D eigenvalue weighted by Gasteiger charge is -2.25. The molecular formula is C16H16N6O2. The summed E-state index contributed by atoms with van der Waals surface area (Å²) < 4.78 is 5.33. The van der Waals surface area contributed by atoms with Gasteiger partial charge in [0.1, 0.15) is 0 Å². The van der Waals surface area contributed by atoms with Gasteiger partial charge in [0.2, 0.25) is 17.7 Å². The first-order chi connectivity index (χ1) is 11.7. The third-order valence-electron chi connectivity index (χ3n) is 4.02. The van der Waals surface area contributed by atoms with Crippen molar-refractivity contribution < 1.29 is 4.52 Å². The minimum atomic E-state index is -0.183. The largest absolute Gasteiger partial charge is 0.369 e. The number of fused-ring (bicyclic) bond motifs is 1. The molecule has 0 radical (unpaired) electrons. The van der Waals surface area contributed by atoms with E-state index in [-0.39, 0.29) is 11.5 Å². The number of nitrogen functional groups attached to an aromatic ring is 1. The van der Waals surface area contributed by atoms with E-state index in [9.17, 15) is 4.79 Å². The van der Waals surface area contributed by atoms with Crippen LogP contribution in [0.1, 0.15) is 17.1 Å². The van der Waals surface area contributed by atoms with Crippen molar-refractivity contribution in [1.82, 2.24) is 25.0 Å². The molecule has 1 aliphatic rings. The van der Waals surface area contributed by atoms with Gasteiger partial charge in [-0.2, -0.15) is 4.98 Å². The molecule has 0 unspecified atom stereocenters. The molecule has 0 bridgehead atoms. The van der Waals surface area contributed by atoms with Gasteiger partial charge in [-0.05, 0) is 0 Å². The molecule has 1 aromatic carbocycles. The van der Waals surface area contributed by atoms with Crippen LogP contribution in [0.2, 0.25) is 0 Å². The smallest absolute Gasteiger partial charge is 0.257 e. The standard InChI is InChI=1S/C16H16N6O2/c17-16-18-12-6-7-22(8-11(12)15(23)20-16)9-13-19-14(21-24-13)10-4-2-1-3-5-10/h1-5H,6-9H2,(H3,17,18,20,23). The van der Waals surface area contributed by atoms with Crippen LogP contribution in [0, 0.1) is 0 Å². The fraction of sp³-hybridized carbons (Fsp3) is 0.250. The maximum Gasteiger partial charge on any atom is 0.257 e. The minimum Gasteiger partial charge on any atom is -0.369 e. The van der Waals surface area contributed by atoms with Crippen molar-refractivity contribution in [3.8, 4) is 11.4 Å². The number of hydrogen-bond acceptors (Lipinski definition) is 7. The second-order valence-corrected chi connectivity index (χ2v) is 5.71. The minimum absolute atomic E-state index is 0.164. The predicted octanol–water partition coefficient (Wildman–Crippen LogP) is 0.960. The zero-order valence-corrected chi connectivity index (χ0v) is 12.9. The number of rotatable bonds is 3. The highest BCUT2D eigenvalue weighted by Gasteiger charge is 2.22. The molecule has 0 saturated carbocycles. The van der Waals surface area contributed by atoms with E-state index in [1.54, 1.807) is 0 Å². The van der Waals surface area contributed by atoms with Crippen LogP contribution in [-0.2, 0) is 19.5 Å². The molecule has 0 atom stereocenters. The Morgan fingerprint density at radius 3 is 2.92 bits per heavy atom. The number of aromatic nitrogens is 4. The van der Waals surface area contributed by atoms with Crippen molar-refractivity contribution in [2.24, 2.45) is 0 Å². The van der Waals surface area contributed by atoms with E-state index >= 15 is 0 Å². The first-order valence-electron chi connectivity index (χ1n) is 7.67. The van der Waals surface area contributed by atoms with Gasteiger partial charge in [0.15, 0.2) is 0 Å². The number of hydrogen-bond donors (Lipinski definition) is 2. The Balaban J connectivity index is 1.51. The van der Waals surface area contributed by atoms with E-state index in [1.807, 2.05) is 30.3 Å². The van der Waals surface area contributed by atoms with E-state index in [0.717, 1.165) is 17.8 Å². The van der Waals surface area contributed by atoms with Crippen molar-refractivity contribution in [2.75, 3.05) is 12.3 Å². The molecule has 1 aliphatic heterocycles. The zero-order valence-electron chi connectivity index (χ0n) is 12.9. The molecule has 0 fully saturated rings. The summed E-state index contributed by atoms with van der Waals surface area (Å²) in [6, 6.07) is 9.66. The van der Waals surface area contributed by atoms with Gasteiger partial charge < -0.3 is 10.3 Å². The van der Waals surface area contributed by atoms with Gasteiger partial charge in [-0.3, -0.25) is 14.7 Å². The number of nitrogens with zero attached hydrogens (tertiary/aromatic N) is 4. The van der Waals surface area contributed by atoms with Gasteiger partial charge in [0.25, 0.3) is 5.56 Å². The summed E-state index contributed by atoms with van der Waals surface area (Å²) in [7, 11) is 0. The first kappa shape index (κ1) is 14.6. The van der Waals surface area contributed by atoms with Crippen LogP contribution in [-0.4, -0.2) is 31.6 Å².